The highest BCUT2D eigenvalue weighted by molar-refractivity contribution is 8.00. The molecule has 1 fully saturated rings. The van der Waals surface area contributed by atoms with Gasteiger partial charge in [-0.1, -0.05) is 48.2 Å². The second-order valence-electron chi connectivity index (χ2n) is 6.01. The normalized spacial score (nSPS) is 15.0. The molecule has 0 spiro atoms. The number of thioether (sulfide) groups is 1. The van der Waals surface area contributed by atoms with Crippen LogP contribution in [-0.2, 0) is 11.2 Å². The summed E-state index contributed by atoms with van der Waals surface area (Å²) >= 11 is 3.09. The SMILES string of the molecule is O=C(NC1CC1)C(Sc1n[nH]c(Cc2cccs2)n1)c1ccccc1. The zero-order chi connectivity index (χ0) is 17.1. The van der Waals surface area contributed by atoms with Crippen molar-refractivity contribution in [1.82, 2.24) is 20.5 Å². The Morgan fingerprint density at radius 1 is 1.28 bits per heavy atom. The number of nitrogens with zero attached hydrogens (tertiary/aromatic N) is 2. The second kappa shape index (κ2) is 7.41. The molecule has 1 atom stereocenters. The minimum atomic E-state index is -0.341. The number of nitrogens with one attached hydrogen (secondary N) is 2. The number of aromatic amines is 1. The summed E-state index contributed by atoms with van der Waals surface area (Å²) in [5, 5.41) is 12.7. The van der Waals surface area contributed by atoms with E-state index in [1.807, 2.05) is 36.4 Å². The Morgan fingerprint density at radius 3 is 2.84 bits per heavy atom. The van der Waals surface area contributed by atoms with Gasteiger partial charge in [0.05, 0.1) is 0 Å². The Hall–Kier alpha value is -2.12. The van der Waals surface area contributed by atoms with E-state index in [-0.39, 0.29) is 11.2 Å². The molecule has 2 aromatic heterocycles. The maximum absolute atomic E-state index is 12.7. The van der Waals surface area contributed by atoms with E-state index < -0.39 is 0 Å². The van der Waals surface area contributed by atoms with E-state index in [0.717, 1.165) is 30.7 Å². The van der Waals surface area contributed by atoms with Gasteiger partial charge >= 0.3 is 0 Å². The van der Waals surface area contributed by atoms with Crippen molar-refractivity contribution in [1.29, 1.82) is 0 Å². The van der Waals surface area contributed by atoms with Crippen LogP contribution >= 0.6 is 23.1 Å². The number of amides is 1. The van der Waals surface area contributed by atoms with Crippen LogP contribution in [0.2, 0.25) is 0 Å². The molecule has 128 valence electrons. The van der Waals surface area contributed by atoms with Gasteiger partial charge in [0.25, 0.3) is 0 Å². The average Bonchev–Trinajstić information content (AvgIpc) is 3.10. The molecule has 1 aromatic carbocycles. The Bertz CT molecular complexity index is 828. The number of carbonyl (C=O) groups is 1. The summed E-state index contributed by atoms with van der Waals surface area (Å²) in [5.74, 6) is 0.850. The fourth-order valence-electron chi connectivity index (χ4n) is 2.50. The summed E-state index contributed by atoms with van der Waals surface area (Å²) < 4.78 is 0. The van der Waals surface area contributed by atoms with Crippen LogP contribution in [0.25, 0.3) is 0 Å². The monoisotopic (exact) mass is 370 g/mol. The van der Waals surface area contributed by atoms with Gasteiger partial charge in [0.15, 0.2) is 0 Å². The van der Waals surface area contributed by atoms with E-state index in [1.165, 1.54) is 16.6 Å². The number of hydrogen-bond acceptors (Lipinski definition) is 5. The van der Waals surface area contributed by atoms with Gasteiger partial charge in [-0.05, 0) is 29.9 Å². The van der Waals surface area contributed by atoms with Crippen molar-refractivity contribution in [3.05, 3.63) is 64.1 Å². The lowest BCUT2D eigenvalue weighted by atomic mass is 10.1. The first kappa shape index (κ1) is 16.4. The standard InChI is InChI=1S/C18H18N4OS2/c23-17(19-13-8-9-13)16(12-5-2-1-3-6-12)25-18-20-15(21-22-18)11-14-7-4-10-24-14/h1-7,10,13,16H,8-9,11H2,(H,19,23)(H,20,21,22). The molecule has 0 saturated heterocycles. The van der Waals surface area contributed by atoms with Crippen LogP contribution in [0.4, 0.5) is 0 Å². The van der Waals surface area contributed by atoms with Gasteiger partial charge in [0.1, 0.15) is 11.1 Å². The van der Waals surface area contributed by atoms with Gasteiger partial charge in [-0.25, -0.2) is 4.98 Å². The molecule has 1 aliphatic carbocycles. The molecule has 1 saturated carbocycles. The molecule has 0 bridgehead atoms. The van der Waals surface area contributed by atoms with Crippen molar-refractivity contribution in [2.45, 2.75) is 35.7 Å². The number of benzene rings is 1. The third-order valence-electron chi connectivity index (χ3n) is 3.92. The van der Waals surface area contributed by atoms with Gasteiger partial charge in [0, 0.05) is 17.3 Å². The first-order valence-corrected chi connectivity index (χ1v) is 9.99. The van der Waals surface area contributed by atoms with Crippen molar-refractivity contribution in [2.24, 2.45) is 0 Å². The molecule has 1 amide bonds. The number of rotatable bonds is 7. The summed E-state index contributed by atoms with van der Waals surface area (Å²) in [4.78, 5) is 18.5. The van der Waals surface area contributed by atoms with Gasteiger partial charge in [-0.3, -0.25) is 9.89 Å². The Kier molecular flexibility index (Phi) is 4.85. The Labute approximate surface area is 154 Å². The largest absolute Gasteiger partial charge is 0.352 e. The second-order valence-corrected chi connectivity index (χ2v) is 8.12. The van der Waals surface area contributed by atoms with E-state index in [1.54, 1.807) is 11.3 Å². The van der Waals surface area contributed by atoms with Crippen molar-refractivity contribution in [3.8, 4) is 0 Å². The molecule has 2 N–H and O–H groups in total. The lowest BCUT2D eigenvalue weighted by Gasteiger charge is -2.15. The van der Waals surface area contributed by atoms with Crippen LogP contribution in [0, 0.1) is 0 Å². The highest BCUT2D eigenvalue weighted by Crippen LogP contribution is 2.34. The maximum atomic E-state index is 12.7. The topological polar surface area (TPSA) is 70.7 Å². The predicted octanol–water partition coefficient (Wildman–Crippen LogP) is 3.57. The smallest absolute Gasteiger partial charge is 0.238 e. The molecule has 5 nitrogen and oxygen atoms in total. The van der Waals surface area contributed by atoms with Crippen molar-refractivity contribution < 1.29 is 4.79 Å². The molecular formula is C18H18N4OS2. The van der Waals surface area contributed by atoms with Crippen LogP contribution < -0.4 is 5.32 Å². The molecule has 0 aliphatic heterocycles. The lowest BCUT2D eigenvalue weighted by molar-refractivity contribution is -0.120. The lowest BCUT2D eigenvalue weighted by Crippen LogP contribution is -2.29. The molecule has 1 unspecified atom stereocenters. The minimum absolute atomic E-state index is 0.0308. The molecule has 3 aromatic rings. The third kappa shape index (κ3) is 4.29. The van der Waals surface area contributed by atoms with Gasteiger partial charge < -0.3 is 5.32 Å². The molecule has 7 heteroatoms. The number of thiophene rings is 1. The number of H-pyrrole nitrogens is 1. The highest BCUT2D eigenvalue weighted by atomic mass is 32.2. The first-order chi connectivity index (χ1) is 12.3. The van der Waals surface area contributed by atoms with Crippen LogP contribution in [0.3, 0.4) is 0 Å². The zero-order valence-electron chi connectivity index (χ0n) is 13.5. The van der Waals surface area contributed by atoms with Crippen LogP contribution in [-0.4, -0.2) is 27.1 Å². The van der Waals surface area contributed by atoms with E-state index in [0.29, 0.717) is 11.2 Å². The van der Waals surface area contributed by atoms with Crippen molar-refractivity contribution >= 4 is 29.0 Å². The van der Waals surface area contributed by atoms with Crippen molar-refractivity contribution in [2.75, 3.05) is 0 Å². The quantitative estimate of drug-likeness (QED) is 0.624. The fourth-order valence-corrected chi connectivity index (χ4v) is 4.15. The summed E-state index contributed by atoms with van der Waals surface area (Å²) in [6.45, 7) is 0. The fraction of sp³-hybridized carbons (Fsp3) is 0.278. The molecule has 2 heterocycles. The van der Waals surface area contributed by atoms with Crippen LogP contribution in [0.1, 0.15) is 34.4 Å². The Balaban J connectivity index is 1.50. The predicted molar refractivity (Wildman–Crippen MR) is 99.7 cm³/mol. The van der Waals surface area contributed by atoms with Gasteiger partial charge in [0.2, 0.25) is 11.1 Å². The molecule has 4 rings (SSSR count). The summed E-state index contributed by atoms with van der Waals surface area (Å²) in [5.41, 5.74) is 0.968. The summed E-state index contributed by atoms with van der Waals surface area (Å²) in [7, 11) is 0. The van der Waals surface area contributed by atoms with Crippen LogP contribution in [0.5, 0.6) is 0 Å². The number of aromatic nitrogens is 3. The first-order valence-electron chi connectivity index (χ1n) is 8.23. The molecular weight excluding hydrogens is 352 g/mol. The summed E-state index contributed by atoms with van der Waals surface area (Å²) in [6, 6.07) is 14.2. The number of carbonyl (C=O) groups excluding carboxylic acids is 1. The van der Waals surface area contributed by atoms with E-state index >= 15 is 0 Å². The Morgan fingerprint density at radius 2 is 2.12 bits per heavy atom. The van der Waals surface area contributed by atoms with E-state index in [9.17, 15) is 4.79 Å². The van der Waals surface area contributed by atoms with Crippen molar-refractivity contribution in [3.63, 3.8) is 0 Å². The molecule has 1 aliphatic rings. The van der Waals surface area contributed by atoms with E-state index in [4.69, 9.17) is 0 Å². The van der Waals surface area contributed by atoms with Crippen LogP contribution in [0.15, 0.2) is 53.0 Å². The average molecular weight is 371 g/mol. The van der Waals surface area contributed by atoms with E-state index in [2.05, 4.69) is 31.9 Å². The third-order valence-corrected chi connectivity index (χ3v) is 5.91. The van der Waals surface area contributed by atoms with Gasteiger partial charge in [-0.15, -0.1) is 16.4 Å². The van der Waals surface area contributed by atoms with Gasteiger partial charge in [-0.2, -0.15) is 0 Å². The summed E-state index contributed by atoms with van der Waals surface area (Å²) in [6.07, 6.45) is 2.88. The molecule has 25 heavy (non-hydrogen) atoms. The maximum Gasteiger partial charge on any atom is 0.238 e. The number of hydrogen-bond donors (Lipinski definition) is 2. The molecule has 0 radical (unpaired) electrons. The highest BCUT2D eigenvalue weighted by Gasteiger charge is 2.29. The minimum Gasteiger partial charge on any atom is -0.352 e. The zero-order valence-corrected chi connectivity index (χ0v) is 15.1.